The molecule has 0 aromatic heterocycles. The number of likely N-dealkylation sites (N-methyl/N-ethyl adjacent to an activating group) is 1. The smallest absolute Gasteiger partial charge is 0.324 e. The SMILES string of the molecule is CC1=C(C(=O)NCCCN2CCC(C#N)(c3ccc(F)cc3)CC2)[C@@H](c2ccc(F)c(F)c2)N(C)C(=O)N1C. The normalized spacial score (nSPS) is 19.7. The van der Waals surface area contributed by atoms with Gasteiger partial charge in [0.1, 0.15) is 5.82 Å². The first kappa shape index (κ1) is 28.2. The van der Waals surface area contributed by atoms with E-state index in [1.807, 2.05) is 0 Å². The molecule has 0 unspecified atom stereocenters. The molecule has 7 nitrogen and oxygen atoms in total. The van der Waals surface area contributed by atoms with E-state index in [4.69, 9.17) is 0 Å². The van der Waals surface area contributed by atoms with Crippen molar-refractivity contribution in [2.75, 3.05) is 40.3 Å². The van der Waals surface area contributed by atoms with Crippen LogP contribution in [0.4, 0.5) is 18.0 Å². The number of allylic oxidation sites excluding steroid dienone is 1. The number of hydrogen-bond acceptors (Lipinski definition) is 4. The second-order valence-electron chi connectivity index (χ2n) is 10.2. The van der Waals surface area contributed by atoms with Crippen LogP contribution in [0.15, 0.2) is 53.7 Å². The molecule has 3 amide bonds. The number of amides is 3. The minimum absolute atomic E-state index is 0.293. The molecular formula is C29H32F3N5O2. The number of rotatable bonds is 7. The summed E-state index contributed by atoms with van der Waals surface area (Å²) >= 11 is 0. The maximum Gasteiger partial charge on any atom is 0.324 e. The van der Waals surface area contributed by atoms with Crippen LogP contribution in [0.5, 0.6) is 0 Å². The molecule has 2 aliphatic rings. The third-order valence-electron chi connectivity index (χ3n) is 7.90. The van der Waals surface area contributed by atoms with E-state index in [0.717, 1.165) is 17.7 Å². The van der Waals surface area contributed by atoms with E-state index >= 15 is 0 Å². The topological polar surface area (TPSA) is 79.7 Å². The lowest BCUT2D eigenvalue weighted by atomic mass is 9.74. The molecule has 0 saturated carbocycles. The second kappa shape index (κ2) is 11.5. The van der Waals surface area contributed by atoms with E-state index in [-0.39, 0.29) is 17.8 Å². The van der Waals surface area contributed by atoms with Gasteiger partial charge in [0.25, 0.3) is 5.91 Å². The standard InChI is InChI=1S/C29H32F3N5O2/c1-19-25(26(36(3)28(39)35(19)2)20-5-10-23(31)24(32)17-20)27(38)34-13-4-14-37-15-11-29(18-33,12-16-37)21-6-8-22(30)9-7-21/h5-10,17,26H,4,11-16H2,1-3H3,(H,34,38)/t26-/m1/s1. The summed E-state index contributed by atoms with van der Waals surface area (Å²) in [5.74, 6) is -2.76. The predicted molar refractivity (Wildman–Crippen MR) is 140 cm³/mol. The Kier molecular flexibility index (Phi) is 8.31. The highest BCUT2D eigenvalue weighted by Crippen LogP contribution is 2.37. The molecule has 10 heteroatoms. The van der Waals surface area contributed by atoms with E-state index in [2.05, 4.69) is 16.3 Å². The number of nitriles is 1. The van der Waals surface area contributed by atoms with Gasteiger partial charge in [-0.1, -0.05) is 18.2 Å². The van der Waals surface area contributed by atoms with Crippen LogP contribution in [-0.2, 0) is 10.2 Å². The maximum atomic E-state index is 14.0. The van der Waals surface area contributed by atoms with Crippen molar-refractivity contribution in [3.63, 3.8) is 0 Å². The Morgan fingerprint density at radius 1 is 1.08 bits per heavy atom. The molecule has 39 heavy (non-hydrogen) atoms. The zero-order valence-corrected chi connectivity index (χ0v) is 22.3. The van der Waals surface area contributed by atoms with Gasteiger partial charge in [-0.15, -0.1) is 0 Å². The Balaban J connectivity index is 1.37. The fourth-order valence-electron chi connectivity index (χ4n) is 5.42. The van der Waals surface area contributed by atoms with Crippen LogP contribution in [0.3, 0.4) is 0 Å². The van der Waals surface area contributed by atoms with Crippen molar-refractivity contribution in [3.05, 3.63) is 82.3 Å². The van der Waals surface area contributed by atoms with Crippen molar-refractivity contribution in [2.24, 2.45) is 0 Å². The second-order valence-corrected chi connectivity index (χ2v) is 10.2. The zero-order valence-electron chi connectivity index (χ0n) is 22.3. The van der Waals surface area contributed by atoms with E-state index in [9.17, 15) is 28.0 Å². The van der Waals surface area contributed by atoms with Crippen molar-refractivity contribution >= 4 is 11.9 Å². The number of nitrogens with zero attached hydrogens (tertiary/aromatic N) is 4. The third kappa shape index (κ3) is 5.64. The molecule has 206 valence electrons. The van der Waals surface area contributed by atoms with Gasteiger partial charge in [0, 0.05) is 26.3 Å². The number of piperidine rings is 1. The summed E-state index contributed by atoms with van der Waals surface area (Å²) in [6.07, 6.45) is 1.93. The molecule has 4 rings (SSSR count). The van der Waals surface area contributed by atoms with Crippen LogP contribution in [0.25, 0.3) is 0 Å². The van der Waals surface area contributed by atoms with Crippen molar-refractivity contribution in [1.29, 1.82) is 5.26 Å². The minimum atomic E-state index is -1.05. The van der Waals surface area contributed by atoms with Crippen molar-refractivity contribution in [3.8, 4) is 6.07 Å². The molecule has 2 aromatic rings. The first-order chi connectivity index (χ1) is 18.6. The third-order valence-corrected chi connectivity index (χ3v) is 7.90. The van der Waals surface area contributed by atoms with Gasteiger partial charge in [-0.05, 0) is 81.2 Å². The van der Waals surface area contributed by atoms with Crippen LogP contribution < -0.4 is 5.32 Å². The lowest BCUT2D eigenvalue weighted by Gasteiger charge is -2.40. The van der Waals surface area contributed by atoms with Gasteiger partial charge in [-0.3, -0.25) is 4.79 Å². The van der Waals surface area contributed by atoms with Crippen molar-refractivity contribution in [2.45, 2.75) is 37.6 Å². The molecule has 0 bridgehead atoms. The molecule has 0 radical (unpaired) electrons. The van der Waals surface area contributed by atoms with Gasteiger partial charge in [-0.25, -0.2) is 18.0 Å². The highest BCUT2D eigenvalue weighted by molar-refractivity contribution is 5.98. The molecule has 1 saturated heterocycles. The molecule has 2 aliphatic heterocycles. The monoisotopic (exact) mass is 539 g/mol. The average molecular weight is 540 g/mol. The van der Waals surface area contributed by atoms with Gasteiger partial charge >= 0.3 is 6.03 Å². The van der Waals surface area contributed by atoms with Gasteiger partial charge in [-0.2, -0.15) is 5.26 Å². The van der Waals surface area contributed by atoms with Gasteiger partial charge < -0.3 is 20.0 Å². The van der Waals surface area contributed by atoms with Crippen molar-refractivity contribution in [1.82, 2.24) is 20.0 Å². The number of hydrogen-bond donors (Lipinski definition) is 1. The van der Waals surface area contributed by atoms with Gasteiger partial charge in [0.05, 0.1) is 23.1 Å². The molecule has 1 fully saturated rings. The Hall–Kier alpha value is -3.84. The predicted octanol–water partition coefficient (Wildman–Crippen LogP) is 4.48. The summed E-state index contributed by atoms with van der Waals surface area (Å²) in [5.41, 5.74) is 1.24. The number of benzene rings is 2. The maximum absolute atomic E-state index is 14.0. The number of nitrogens with one attached hydrogen (secondary N) is 1. The quantitative estimate of drug-likeness (QED) is 0.527. The van der Waals surface area contributed by atoms with E-state index in [1.54, 1.807) is 26.1 Å². The Labute approximate surface area is 226 Å². The first-order valence-electron chi connectivity index (χ1n) is 12.9. The summed E-state index contributed by atoms with van der Waals surface area (Å²) in [5, 5.41) is 12.8. The number of likely N-dealkylation sites (tertiary alicyclic amines) is 1. The Bertz CT molecular complexity index is 1310. The van der Waals surface area contributed by atoms with Crippen LogP contribution in [0.1, 0.15) is 43.4 Å². The number of carbonyl (C=O) groups is 2. The summed E-state index contributed by atoms with van der Waals surface area (Å²) in [6, 6.07) is 10.7. The first-order valence-corrected chi connectivity index (χ1v) is 12.9. The van der Waals surface area contributed by atoms with Gasteiger partial charge in [0.15, 0.2) is 11.6 Å². The van der Waals surface area contributed by atoms with E-state index in [1.165, 1.54) is 35.0 Å². The molecular weight excluding hydrogens is 507 g/mol. The van der Waals surface area contributed by atoms with E-state index in [0.29, 0.717) is 62.3 Å². The summed E-state index contributed by atoms with van der Waals surface area (Å²) in [4.78, 5) is 31.0. The van der Waals surface area contributed by atoms with Crippen molar-refractivity contribution < 1.29 is 22.8 Å². The largest absolute Gasteiger partial charge is 0.352 e. The Morgan fingerprint density at radius 3 is 2.36 bits per heavy atom. The number of urea groups is 1. The van der Waals surface area contributed by atoms with Gasteiger partial charge in [0.2, 0.25) is 0 Å². The molecule has 0 spiro atoms. The fourth-order valence-corrected chi connectivity index (χ4v) is 5.42. The fraction of sp³-hybridized carbons (Fsp3) is 0.414. The molecule has 1 N–H and O–H groups in total. The summed E-state index contributed by atoms with van der Waals surface area (Å²) in [6.45, 7) is 4.16. The lowest BCUT2D eigenvalue weighted by Crippen LogP contribution is -2.48. The van der Waals surface area contributed by atoms with Crippen LogP contribution >= 0.6 is 0 Å². The molecule has 1 atom stereocenters. The summed E-state index contributed by atoms with van der Waals surface area (Å²) < 4.78 is 40.9. The minimum Gasteiger partial charge on any atom is -0.352 e. The van der Waals surface area contributed by atoms with Crippen LogP contribution in [0.2, 0.25) is 0 Å². The zero-order chi connectivity index (χ0) is 28.3. The average Bonchev–Trinajstić information content (AvgIpc) is 2.94. The highest BCUT2D eigenvalue weighted by atomic mass is 19.2. The molecule has 2 heterocycles. The molecule has 0 aliphatic carbocycles. The number of carbonyl (C=O) groups excluding carboxylic acids is 2. The van der Waals surface area contributed by atoms with Crippen LogP contribution in [-0.4, -0.2) is 66.9 Å². The van der Waals surface area contributed by atoms with E-state index < -0.39 is 23.1 Å². The summed E-state index contributed by atoms with van der Waals surface area (Å²) in [7, 11) is 3.08. The Morgan fingerprint density at radius 2 is 1.74 bits per heavy atom. The number of halogens is 3. The molecule has 2 aromatic carbocycles. The lowest BCUT2D eigenvalue weighted by molar-refractivity contribution is -0.118. The highest BCUT2D eigenvalue weighted by Gasteiger charge is 2.39. The van der Waals surface area contributed by atoms with Crippen LogP contribution in [0, 0.1) is 28.8 Å².